The van der Waals surface area contributed by atoms with Gasteiger partial charge in [-0.25, -0.2) is 31.1 Å². The molecule has 1 aliphatic carbocycles. The van der Waals surface area contributed by atoms with Crippen molar-refractivity contribution in [3.63, 3.8) is 0 Å². The summed E-state index contributed by atoms with van der Waals surface area (Å²) in [5.41, 5.74) is 5.75. The van der Waals surface area contributed by atoms with Crippen molar-refractivity contribution < 1.29 is 26.7 Å². The lowest BCUT2D eigenvalue weighted by atomic mass is 9.93. The molecule has 8 nitrogen and oxygen atoms in total. The Hall–Kier alpha value is -3.31. The number of halogens is 2. The Labute approximate surface area is 227 Å². The largest absolute Gasteiger partial charge is 0.497 e. The second-order valence-electron chi connectivity index (χ2n) is 10.8. The minimum absolute atomic E-state index is 0.0404. The molecule has 210 valence electrons. The van der Waals surface area contributed by atoms with Crippen molar-refractivity contribution in [1.29, 1.82) is 0 Å². The maximum atomic E-state index is 14.1. The smallest absolute Gasteiger partial charge is 0.284 e. The van der Waals surface area contributed by atoms with Gasteiger partial charge < -0.3 is 15.2 Å². The normalized spacial score (nSPS) is 19.4. The number of nitrogens with two attached hydrogens (primary N) is 1. The van der Waals surface area contributed by atoms with E-state index in [0.29, 0.717) is 29.0 Å². The molecular formula is C28H34F2N4O4S. The van der Waals surface area contributed by atoms with E-state index in [0.717, 1.165) is 3.97 Å². The molecule has 1 unspecified atom stereocenters. The number of fused-ring (bicyclic) bond motifs is 1. The Bertz CT molecular complexity index is 1530. The highest BCUT2D eigenvalue weighted by molar-refractivity contribution is 7.91. The van der Waals surface area contributed by atoms with Crippen LogP contribution in [0.4, 0.5) is 8.78 Å². The van der Waals surface area contributed by atoms with Gasteiger partial charge in [-0.15, -0.1) is 0 Å². The van der Waals surface area contributed by atoms with Gasteiger partial charge in [0, 0.05) is 28.9 Å². The highest BCUT2D eigenvalue weighted by atomic mass is 32.2. The van der Waals surface area contributed by atoms with E-state index in [1.165, 1.54) is 31.6 Å². The van der Waals surface area contributed by atoms with Crippen molar-refractivity contribution >= 4 is 21.1 Å². The van der Waals surface area contributed by atoms with Crippen LogP contribution in [-0.4, -0.2) is 46.4 Å². The van der Waals surface area contributed by atoms with Crippen molar-refractivity contribution in [2.45, 2.75) is 57.2 Å². The fraction of sp³-hybridized carbons (Fsp3) is 0.429. The summed E-state index contributed by atoms with van der Waals surface area (Å²) in [5, 5.41) is 0.463. The van der Waals surface area contributed by atoms with Gasteiger partial charge in [0.25, 0.3) is 6.43 Å². The number of hydrogen-bond acceptors (Lipinski definition) is 7. The summed E-state index contributed by atoms with van der Waals surface area (Å²) in [7, 11) is -2.51. The van der Waals surface area contributed by atoms with E-state index in [9.17, 15) is 17.2 Å². The highest BCUT2D eigenvalue weighted by Crippen LogP contribution is 2.38. The lowest BCUT2D eigenvalue weighted by Gasteiger charge is -2.28. The van der Waals surface area contributed by atoms with E-state index in [2.05, 4.69) is 9.97 Å². The maximum absolute atomic E-state index is 14.1. The number of pyridine rings is 2. The van der Waals surface area contributed by atoms with Gasteiger partial charge in [-0.2, -0.15) is 0 Å². The predicted molar refractivity (Wildman–Crippen MR) is 147 cm³/mol. The third kappa shape index (κ3) is 5.69. The molecule has 0 aromatic carbocycles. The summed E-state index contributed by atoms with van der Waals surface area (Å²) in [4.78, 5) is 8.52. The Morgan fingerprint density at radius 1 is 1.26 bits per heavy atom. The molecule has 3 heterocycles. The summed E-state index contributed by atoms with van der Waals surface area (Å²) in [6, 6.07) is 6.30. The van der Waals surface area contributed by atoms with Gasteiger partial charge in [-0.1, -0.05) is 19.9 Å². The number of nitrogens with zero attached hydrogens (tertiary/aromatic N) is 3. The van der Waals surface area contributed by atoms with E-state index in [1.807, 2.05) is 20.8 Å². The number of aromatic nitrogens is 3. The molecule has 0 fully saturated rings. The summed E-state index contributed by atoms with van der Waals surface area (Å²) < 4.78 is 66.7. The number of alkyl halides is 2. The van der Waals surface area contributed by atoms with Crippen molar-refractivity contribution in [2.24, 2.45) is 11.7 Å². The first-order valence-electron chi connectivity index (χ1n) is 12.6. The fourth-order valence-corrected chi connectivity index (χ4v) is 6.41. The third-order valence-electron chi connectivity index (χ3n) is 6.73. The molecule has 4 rings (SSSR count). The summed E-state index contributed by atoms with van der Waals surface area (Å²) >= 11 is 0. The molecule has 0 amide bonds. The lowest BCUT2D eigenvalue weighted by molar-refractivity contribution is 0.134. The number of rotatable bonds is 10. The molecule has 3 aromatic heterocycles. The van der Waals surface area contributed by atoms with Gasteiger partial charge in [0.05, 0.1) is 12.8 Å². The van der Waals surface area contributed by atoms with E-state index in [4.69, 9.17) is 15.2 Å². The quantitative estimate of drug-likeness (QED) is 0.344. The molecule has 1 aliphatic rings. The predicted octanol–water partition coefficient (Wildman–Crippen LogP) is 5.61. The molecule has 0 radical (unpaired) electrons. The molecule has 11 heteroatoms. The van der Waals surface area contributed by atoms with E-state index >= 15 is 0 Å². The second-order valence-corrected chi connectivity index (χ2v) is 13.1. The molecule has 2 N–H and O–H groups in total. The van der Waals surface area contributed by atoms with Gasteiger partial charge in [-0.05, 0) is 69.0 Å². The first-order valence-corrected chi connectivity index (χ1v) is 14.1. The number of ether oxygens (including phenoxy) is 2. The summed E-state index contributed by atoms with van der Waals surface area (Å²) in [5.74, 6) is 0.818. The molecule has 2 atom stereocenters. The first-order chi connectivity index (χ1) is 18.3. The van der Waals surface area contributed by atoms with Crippen LogP contribution in [0.15, 0.2) is 60.6 Å². The van der Waals surface area contributed by atoms with Gasteiger partial charge in [0.2, 0.25) is 10.0 Å². The van der Waals surface area contributed by atoms with Gasteiger partial charge >= 0.3 is 0 Å². The first kappa shape index (κ1) is 28.7. The van der Waals surface area contributed by atoms with E-state index in [-0.39, 0.29) is 30.1 Å². The fourth-order valence-electron chi connectivity index (χ4n) is 4.81. The Morgan fingerprint density at radius 2 is 2.00 bits per heavy atom. The molecule has 3 aromatic rings. The number of hydrogen-bond donors (Lipinski definition) is 1. The van der Waals surface area contributed by atoms with Crippen LogP contribution < -0.4 is 10.5 Å². The maximum Gasteiger partial charge on any atom is 0.284 e. The second kappa shape index (κ2) is 10.7. The molecule has 0 bridgehead atoms. The Kier molecular flexibility index (Phi) is 7.86. The molecule has 0 spiro atoms. The van der Waals surface area contributed by atoms with Gasteiger partial charge in [0.15, 0.2) is 5.65 Å². The van der Waals surface area contributed by atoms with E-state index in [1.54, 1.807) is 37.3 Å². The Balaban J connectivity index is 1.76. The highest BCUT2D eigenvalue weighted by Gasteiger charge is 2.40. The van der Waals surface area contributed by atoms with Crippen molar-refractivity contribution in [3.8, 4) is 17.0 Å². The molecule has 0 aliphatic heterocycles. The van der Waals surface area contributed by atoms with Crippen LogP contribution in [0.2, 0.25) is 0 Å². The van der Waals surface area contributed by atoms with Gasteiger partial charge in [-0.3, -0.25) is 0 Å². The zero-order valence-corrected chi connectivity index (χ0v) is 23.5. The minimum atomic E-state index is -4.02. The minimum Gasteiger partial charge on any atom is -0.497 e. The zero-order chi connectivity index (χ0) is 28.6. The van der Waals surface area contributed by atoms with Crippen LogP contribution in [0.25, 0.3) is 22.3 Å². The summed E-state index contributed by atoms with van der Waals surface area (Å²) in [6.07, 6.45) is 5.70. The van der Waals surface area contributed by atoms with Crippen molar-refractivity contribution in [3.05, 3.63) is 66.3 Å². The van der Waals surface area contributed by atoms with Crippen LogP contribution >= 0.6 is 0 Å². The SMILES string of the molecule is COC1=CCC(C)(S(=O)(=O)n2cc(-c3ccc(OC[C@](C)(N)CC(C)C)c(C(F)F)n3)c3cccnc32)C=C1. The van der Waals surface area contributed by atoms with Crippen LogP contribution in [0.5, 0.6) is 5.75 Å². The van der Waals surface area contributed by atoms with Crippen LogP contribution in [0.3, 0.4) is 0 Å². The lowest BCUT2D eigenvalue weighted by Crippen LogP contribution is -2.43. The molecule has 0 saturated heterocycles. The summed E-state index contributed by atoms with van der Waals surface area (Å²) in [6.45, 7) is 7.51. The zero-order valence-electron chi connectivity index (χ0n) is 22.7. The average molecular weight is 561 g/mol. The molecule has 39 heavy (non-hydrogen) atoms. The number of methoxy groups -OCH3 is 1. The van der Waals surface area contributed by atoms with Gasteiger partial charge in [0.1, 0.15) is 28.6 Å². The van der Waals surface area contributed by atoms with Crippen molar-refractivity contribution in [1.82, 2.24) is 13.9 Å². The van der Waals surface area contributed by atoms with Crippen LogP contribution in [0.1, 0.15) is 52.7 Å². The van der Waals surface area contributed by atoms with Crippen molar-refractivity contribution in [2.75, 3.05) is 13.7 Å². The Morgan fingerprint density at radius 3 is 2.62 bits per heavy atom. The average Bonchev–Trinajstić information content (AvgIpc) is 3.27. The van der Waals surface area contributed by atoms with Crippen LogP contribution in [-0.2, 0) is 14.8 Å². The number of allylic oxidation sites excluding steroid dienone is 2. The standard InChI is InChI=1S/C28H34F2N4O4S/c1-18(2)15-27(3,31)17-38-23-9-8-22(33-24(23)25(29)30)21-16-34(26-20(21)7-6-14-32-26)39(35,36)28(4)12-10-19(37-5)11-13-28/h6-12,14,16,18,25H,13,15,17,31H2,1-5H3/t27-,28?/m1/s1. The molecular weight excluding hydrogens is 526 g/mol. The topological polar surface area (TPSA) is 109 Å². The monoisotopic (exact) mass is 560 g/mol. The van der Waals surface area contributed by atoms with E-state index < -0.39 is 32.4 Å². The third-order valence-corrected chi connectivity index (χ3v) is 9.00. The van der Waals surface area contributed by atoms with Crippen LogP contribution in [0, 0.1) is 5.92 Å². The molecule has 0 saturated carbocycles.